The molecule has 0 aliphatic carbocycles. The maximum Gasteiger partial charge on any atom is 0.319 e. The molecule has 3 amide bonds. The van der Waals surface area contributed by atoms with Crippen molar-refractivity contribution < 1.29 is 14.3 Å². The maximum atomic E-state index is 12.2. The Kier molecular flexibility index (Phi) is 6.62. The van der Waals surface area contributed by atoms with Gasteiger partial charge < -0.3 is 20.7 Å². The lowest BCUT2D eigenvalue weighted by molar-refractivity contribution is -0.116. The molecule has 6 nitrogen and oxygen atoms in total. The third-order valence-electron chi connectivity index (χ3n) is 3.80. The Labute approximate surface area is 163 Å². The molecule has 0 aromatic heterocycles. The van der Waals surface area contributed by atoms with Crippen molar-refractivity contribution in [3.63, 3.8) is 0 Å². The topological polar surface area (TPSA) is 79.5 Å². The summed E-state index contributed by atoms with van der Waals surface area (Å²) in [6, 6.07) is 25.3. The fourth-order valence-corrected chi connectivity index (χ4v) is 2.47. The molecule has 0 aliphatic rings. The highest BCUT2D eigenvalue weighted by molar-refractivity contribution is 5.93. The van der Waals surface area contributed by atoms with Gasteiger partial charge in [0.25, 0.3) is 0 Å². The Balaban J connectivity index is 1.48. The summed E-state index contributed by atoms with van der Waals surface area (Å²) in [5.41, 5.74) is 1.27. The van der Waals surface area contributed by atoms with Crippen molar-refractivity contribution in [2.75, 3.05) is 17.2 Å². The van der Waals surface area contributed by atoms with Crippen molar-refractivity contribution in [3.8, 4) is 11.5 Å². The summed E-state index contributed by atoms with van der Waals surface area (Å²) in [5.74, 6) is 1.02. The molecule has 0 saturated carbocycles. The van der Waals surface area contributed by atoms with E-state index in [1.54, 1.807) is 24.3 Å². The van der Waals surface area contributed by atoms with Crippen molar-refractivity contribution in [3.05, 3.63) is 84.9 Å². The van der Waals surface area contributed by atoms with Gasteiger partial charge in [0.05, 0.1) is 5.69 Å². The Morgan fingerprint density at radius 3 is 2.14 bits per heavy atom. The summed E-state index contributed by atoms with van der Waals surface area (Å²) < 4.78 is 5.83. The Hall–Kier alpha value is -3.80. The van der Waals surface area contributed by atoms with E-state index in [2.05, 4.69) is 16.0 Å². The highest BCUT2D eigenvalue weighted by Gasteiger charge is 2.09. The molecule has 6 heteroatoms. The van der Waals surface area contributed by atoms with Gasteiger partial charge in [-0.25, -0.2) is 4.79 Å². The predicted octanol–water partition coefficient (Wildman–Crippen LogP) is 4.63. The molecular weight excluding hydrogens is 354 g/mol. The van der Waals surface area contributed by atoms with Gasteiger partial charge in [0.2, 0.25) is 5.91 Å². The van der Waals surface area contributed by atoms with Crippen LogP contribution in [-0.4, -0.2) is 18.5 Å². The van der Waals surface area contributed by atoms with Gasteiger partial charge in [-0.3, -0.25) is 4.79 Å². The second kappa shape index (κ2) is 9.78. The molecule has 0 saturated heterocycles. The van der Waals surface area contributed by atoms with Crippen LogP contribution in [0.1, 0.15) is 6.42 Å². The number of urea groups is 1. The van der Waals surface area contributed by atoms with E-state index in [1.165, 1.54) is 0 Å². The van der Waals surface area contributed by atoms with Gasteiger partial charge in [-0.15, -0.1) is 0 Å². The lowest BCUT2D eigenvalue weighted by Crippen LogP contribution is -2.31. The molecule has 3 rings (SSSR count). The smallest absolute Gasteiger partial charge is 0.319 e. The number of ether oxygens (including phenoxy) is 1. The van der Waals surface area contributed by atoms with E-state index in [9.17, 15) is 9.59 Å². The Morgan fingerprint density at radius 1 is 0.750 bits per heavy atom. The fraction of sp³-hybridized carbons (Fsp3) is 0.0909. The summed E-state index contributed by atoms with van der Waals surface area (Å²) in [7, 11) is 0. The maximum absolute atomic E-state index is 12.2. The number of nitrogens with one attached hydrogen (secondary N) is 3. The van der Waals surface area contributed by atoms with E-state index >= 15 is 0 Å². The molecule has 0 radical (unpaired) electrons. The number of anilines is 2. The number of amides is 3. The lowest BCUT2D eigenvalue weighted by atomic mass is 10.2. The second-order valence-corrected chi connectivity index (χ2v) is 5.96. The first-order valence-electron chi connectivity index (χ1n) is 8.92. The summed E-state index contributed by atoms with van der Waals surface area (Å²) in [6.07, 6.45) is 0.141. The van der Waals surface area contributed by atoms with Crippen LogP contribution in [0.2, 0.25) is 0 Å². The number of carbonyl (C=O) groups is 2. The molecule has 142 valence electrons. The van der Waals surface area contributed by atoms with Crippen LogP contribution in [0, 0.1) is 0 Å². The molecular formula is C22H21N3O3. The van der Waals surface area contributed by atoms with Crippen LogP contribution < -0.4 is 20.7 Å². The SMILES string of the molecule is O=C(CCNC(=O)Nc1ccccc1)Nc1ccccc1Oc1ccccc1. The number of hydrogen-bond donors (Lipinski definition) is 3. The third-order valence-corrected chi connectivity index (χ3v) is 3.80. The van der Waals surface area contributed by atoms with E-state index in [4.69, 9.17) is 4.74 Å². The van der Waals surface area contributed by atoms with E-state index in [0.717, 1.165) is 0 Å². The first-order chi connectivity index (χ1) is 13.7. The van der Waals surface area contributed by atoms with Crippen molar-refractivity contribution in [2.24, 2.45) is 0 Å². The minimum atomic E-state index is -0.355. The molecule has 0 fully saturated rings. The van der Waals surface area contributed by atoms with E-state index in [0.29, 0.717) is 22.9 Å². The van der Waals surface area contributed by atoms with Gasteiger partial charge in [0, 0.05) is 18.7 Å². The Bertz CT molecular complexity index is 915. The zero-order valence-corrected chi connectivity index (χ0v) is 15.2. The molecule has 0 heterocycles. The molecule has 0 atom stereocenters. The third kappa shape index (κ3) is 5.88. The van der Waals surface area contributed by atoms with E-state index < -0.39 is 0 Å². The second-order valence-electron chi connectivity index (χ2n) is 5.96. The van der Waals surface area contributed by atoms with Crippen LogP contribution in [0.3, 0.4) is 0 Å². The molecule has 3 aromatic carbocycles. The van der Waals surface area contributed by atoms with Gasteiger partial charge >= 0.3 is 6.03 Å². The standard InChI is InChI=1S/C22H21N3O3/c26-21(15-16-23-22(27)24-17-9-3-1-4-10-17)25-19-13-7-8-14-20(19)28-18-11-5-2-6-12-18/h1-14H,15-16H2,(H,25,26)(H2,23,24,27). The first kappa shape index (κ1) is 19.0. The van der Waals surface area contributed by atoms with Gasteiger partial charge in [0.15, 0.2) is 5.75 Å². The van der Waals surface area contributed by atoms with Crippen LogP contribution >= 0.6 is 0 Å². The molecule has 0 aliphatic heterocycles. The summed E-state index contributed by atoms with van der Waals surface area (Å²) in [4.78, 5) is 24.1. The number of hydrogen-bond acceptors (Lipinski definition) is 3. The van der Waals surface area contributed by atoms with Gasteiger partial charge in [-0.2, -0.15) is 0 Å². The lowest BCUT2D eigenvalue weighted by Gasteiger charge is -2.12. The summed E-state index contributed by atoms with van der Waals surface area (Å²) in [6.45, 7) is 0.214. The minimum Gasteiger partial charge on any atom is -0.455 e. The monoisotopic (exact) mass is 375 g/mol. The minimum absolute atomic E-state index is 0.141. The summed E-state index contributed by atoms with van der Waals surface area (Å²) in [5, 5.41) is 8.18. The molecule has 3 aromatic rings. The number of para-hydroxylation sites is 4. The summed E-state index contributed by atoms with van der Waals surface area (Å²) >= 11 is 0. The zero-order valence-electron chi connectivity index (χ0n) is 15.2. The van der Waals surface area contributed by atoms with Gasteiger partial charge in [-0.1, -0.05) is 48.5 Å². The zero-order chi connectivity index (χ0) is 19.6. The first-order valence-corrected chi connectivity index (χ1v) is 8.92. The van der Waals surface area contributed by atoms with Crippen LogP contribution in [0.4, 0.5) is 16.2 Å². The molecule has 3 N–H and O–H groups in total. The highest BCUT2D eigenvalue weighted by atomic mass is 16.5. The number of benzene rings is 3. The van der Waals surface area contributed by atoms with Crippen molar-refractivity contribution in [1.82, 2.24) is 5.32 Å². The van der Waals surface area contributed by atoms with E-state index in [-0.39, 0.29) is 24.9 Å². The van der Waals surface area contributed by atoms with Crippen LogP contribution in [0.25, 0.3) is 0 Å². The van der Waals surface area contributed by atoms with Crippen LogP contribution in [0.5, 0.6) is 11.5 Å². The average molecular weight is 375 g/mol. The molecule has 0 spiro atoms. The molecule has 0 bridgehead atoms. The van der Waals surface area contributed by atoms with Crippen molar-refractivity contribution in [1.29, 1.82) is 0 Å². The predicted molar refractivity (Wildman–Crippen MR) is 110 cm³/mol. The van der Waals surface area contributed by atoms with Crippen LogP contribution in [-0.2, 0) is 4.79 Å². The van der Waals surface area contributed by atoms with Crippen molar-refractivity contribution >= 4 is 23.3 Å². The van der Waals surface area contributed by atoms with Crippen molar-refractivity contribution in [2.45, 2.75) is 6.42 Å². The highest BCUT2D eigenvalue weighted by Crippen LogP contribution is 2.29. The number of carbonyl (C=O) groups excluding carboxylic acids is 2. The average Bonchev–Trinajstić information content (AvgIpc) is 2.71. The largest absolute Gasteiger partial charge is 0.455 e. The fourth-order valence-electron chi connectivity index (χ4n) is 2.47. The van der Waals surface area contributed by atoms with Gasteiger partial charge in [-0.05, 0) is 36.4 Å². The Morgan fingerprint density at radius 2 is 1.39 bits per heavy atom. The number of rotatable bonds is 7. The normalized spacial score (nSPS) is 10.0. The quantitative estimate of drug-likeness (QED) is 0.563. The van der Waals surface area contributed by atoms with Gasteiger partial charge in [0.1, 0.15) is 5.75 Å². The molecule has 0 unspecified atom stereocenters. The van der Waals surface area contributed by atoms with E-state index in [1.807, 2.05) is 60.7 Å². The molecule has 28 heavy (non-hydrogen) atoms. The van der Waals surface area contributed by atoms with Crippen LogP contribution in [0.15, 0.2) is 84.9 Å².